The first-order chi connectivity index (χ1) is 19.7. The number of carboxylic acids is 3. The van der Waals surface area contributed by atoms with Crippen molar-refractivity contribution >= 4 is 29.7 Å². The van der Waals surface area contributed by atoms with Gasteiger partial charge in [0.1, 0.15) is 6.10 Å². The van der Waals surface area contributed by atoms with Gasteiger partial charge in [0, 0.05) is 13.3 Å². The highest BCUT2D eigenvalue weighted by molar-refractivity contribution is 6.10. The van der Waals surface area contributed by atoms with Crippen LogP contribution in [0.25, 0.3) is 0 Å². The van der Waals surface area contributed by atoms with Crippen LogP contribution >= 0.6 is 0 Å². The Morgan fingerprint density at radius 3 is 1.21 bits per heavy atom. The average molecular weight is 611 g/mol. The molecule has 0 aromatic heterocycles. The second-order valence-electron chi connectivity index (χ2n) is 10.0. The number of ketones is 1. The second kappa shape index (κ2) is 28.5. The summed E-state index contributed by atoms with van der Waals surface area (Å²) >= 11 is 0. The van der Waals surface area contributed by atoms with Gasteiger partial charge in [-0.1, -0.05) is 96.8 Å². The predicted octanol–water partition coefficient (Wildman–Crippen LogP) is 3.07. The van der Waals surface area contributed by atoms with Crippen LogP contribution in [0.3, 0.4) is 0 Å². The van der Waals surface area contributed by atoms with Gasteiger partial charge in [0.25, 0.3) is 0 Å². The number of carbonyl (C=O) groups excluding carboxylic acids is 2. The Morgan fingerprint density at radius 2 is 1.00 bits per heavy atom. The topological polar surface area (TPSA) is 236 Å². The summed E-state index contributed by atoms with van der Waals surface area (Å²) in [5, 5.41) is 58.9. The average Bonchev–Trinajstić information content (AvgIpc) is 2.92. The van der Waals surface area contributed by atoms with Gasteiger partial charge in [-0.15, -0.1) is 0 Å². The summed E-state index contributed by atoms with van der Waals surface area (Å²) in [5.41, 5.74) is -3.11. The quantitative estimate of drug-likeness (QED) is 0.0501. The number of carbonyl (C=O) groups is 5. The number of unbranched alkanes of at least 4 members (excludes halogenated alkanes) is 14. The molecule has 0 heterocycles. The standard InChI is InChI=1S/C18H36O2.C8H10O8.C3H8O3/c1-2-3-4-5-6-7-8-9-10-11-12-13-14-15-16-17-18(19)20;1-3(9)8(7(14)15,16-4(2)10)5(11)6(12)13;4-1-3(6)2-5/h2-17H2,1H3,(H,19,20);5,11H,1-2H3,(H,12,13)(H,14,15);3-6H,1-2H2. The summed E-state index contributed by atoms with van der Waals surface area (Å²) in [6, 6.07) is 0. The van der Waals surface area contributed by atoms with Crippen molar-refractivity contribution in [3.05, 3.63) is 0 Å². The van der Waals surface area contributed by atoms with Gasteiger partial charge in [-0.3, -0.25) is 14.4 Å². The Bertz CT molecular complexity index is 721. The molecule has 2 atom stereocenters. The van der Waals surface area contributed by atoms with Crippen molar-refractivity contribution < 1.29 is 64.5 Å². The van der Waals surface area contributed by atoms with Crippen molar-refractivity contribution in [3.63, 3.8) is 0 Å². The number of ether oxygens (including phenoxy) is 1. The van der Waals surface area contributed by atoms with Crippen molar-refractivity contribution in [3.8, 4) is 0 Å². The van der Waals surface area contributed by atoms with Crippen LogP contribution < -0.4 is 0 Å². The van der Waals surface area contributed by atoms with Gasteiger partial charge in [-0.2, -0.15) is 0 Å². The maximum absolute atomic E-state index is 11.1. The zero-order valence-corrected chi connectivity index (χ0v) is 25.5. The highest BCUT2D eigenvalue weighted by atomic mass is 16.6. The maximum atomic E-state index is 11.1. The van der Waals surface area contributed by atoms with Crippen LogP contribution in [-0.4, -0.2) is 96.4 Å². The zero-order valence-electron chi connectivity index (χ0n) is 25.5. The van der Waals surface area contributed by atoms with E-state index in [4.69, 9.17) is 35.7 Å². The van der Waals surface area contributed by atoms with E-state index >= 15 is 0 Å². The third-order valence-corrected chi connectivity index (χ3v) is 6.18. The molecule has 0 radical (unpaired) electrons. The molecule has 0 aromatic carbocycles. The number of aliphatic hydroxyl groups excluding tert-OH is 4. The van der Waals surface area contributed by atoms with E-state index in [1.807, 2.05) is 0 Å². The summed E-state index contributed by atoms with van der Waals surface area (Å²) in [4.78, 5) is 53.4. The van der Waals surface area contributed by atoms with Gasteiger partial charge in [-0.25, -0.2) is 9.59 Å². The maximum Gasteiger partial charge on any atom is 0.359 e. The summed E-state index contributed by atoms with van der Waals surface area (Å²) in [6.45, 7) is 3.03. The molecule has 0 aliphatic heterocycles. The molecule has 13 heteroatoms. The highest BCUT2D eigenvalue weighted by Gasteiger charge is 2.57. The van der Waals surface area contributed by atoms with Crippen LogP contribution in [-0.2, 0) is 28.7 Å². The summed E-state index contributed by atoms with van der Waals surface area (Å²) < 4.78 is 4.17. The molecule has 2 unspecified atom stereocenters. The second-order valence-corrected chi connectivity index (χ2v) is 10.0. The summed E-state index contributed by atoms with van der Waals surface area (Å²) in [7, 11) is 0. The Balaban J connectivity index is -0.000000616. The van der Waals surface area contributed by atoms with Crippen molar-refractivity contribution in [2.24, 2.45) is 0 Å². The van der Waals surface area contributed by atoms with E-state index in [9.17, 15) is 24.0 Å². The monoisotopic (exact) mass is 610 g/mol. The fourth-order valence-corrected chi connectivity index (χ4v) is 3.74. The van der Waals surface area contributed by atoms with Gasteiger partial charge >= 0.3 is 29.5 Å². The lowest BCUT2D eigenvalue weighted by Crippen LogP contribution is -2.60. The molecule has 0 spiro atoms. The molecule has 0 saturated carbocycles. The molecule has 0 rings (SSSR count). The molecular weight excluding hydrogens is 556 g/mol. The molecule has 0 fully saturated rings. The number of rotatable bonds is 23. The van der Waals surface area contributed by atoms with Gasteiger partial charge in [0.15, 0.2) is 5.78 Å². The molecule has 0 aliphatic carbocycles. The fraction of sp³-hybridized carbons (Fsp3) is 0.828. The van der Waals surface area contributed by atoms with Crippen LogP contribution in [0, 0.1) is 0 Å². The number of hydrogen-bond acceptors (Lipinski definition) is 10. The van der Waals surface area contributed by atoms with Crippen LogP contribution in [0.1, 0.15) is 124 Å². The molecule has 0 aromatic rings. The van der Waals surface area contributed by atoms with E-state index < -0.39 is 47.5 Å². The lowest BCUT2D eigenvalue weighted by molar-refractivity contribution is -0.198. The minimum absolute atomic E-state index is 0.345. The first kappa shape index (κ1) is 43.8. The lowest BCUT2D eigenvalue weighted by atomic mass is 9.92. The number of carboxylic acid groups (broad SMARTS) is 3. The number of aliphatic carboxylic acids is 3. The highest BCUT2D eigenvalue weighted by Crippen LogP contribution is 2.20. The van der Waals surface area contributed by atoms with Crippen molar-refractivity contribution in [2.75, 3.05) is 13.2 Å². The van der Waals surface area contributed by atoms with Crippen LogP contribution in [0.5, 0.6) is 0 Å². The number of esters is 1. The smallest absolute Gasteiger partial charge is 0.359 e. The van der Waals surface area contributed by atoms with Gasteiger partial charge < -0.3 is 40.5 Å². The van der Waals surface area contributed by atoms with Crippen molar-refractivity contribution in [1.29, 1.82) is 0 Å². The SMILES string of the molecule is CC(=O)OC(C(C)=O)(C(=O)O)C(O)C(=O)O.CCCCCCCCCCCCCCCCCC(=O)O.OCC(O)CO. The van der Waals surface area contributed by atoms with E-state index in [0.717, 1.165) is 19.8 Å². The molecule has 42 heavy (non-hydrogen) atoms. The largest absolute Gasteiger partial charge is 0.481 e. The first-order valence-corrected chi connectivity index (χ1v) is 14.7. The third kappa shape index (κ3) is 24.0. The minimum Gasteiger partial charge on any atom is -0.481 e. The minimum atomic E-state index is -3.11. The molecule has 0 amide bonds. The number of aliphatic hydroxyl groups is 4. The van der Waals surface area contributed by atoms with Crippen LogP contribution in [0.4, 0.5) is 0 Å². The Morgan fingerprint density at radius 1 is 0.643 bits per heavy atom. The van der Waals surface area contributed by atoms with Gasteiger partial charge in [-0.05, 0) is 13.3 Å². The van der Waals surface area contributed by atoms with Gasteiger partial charge in [0.2, 0.25) is 6.10 Å². The predicted molar refractivity (Wildman–Crippen MR) is 154 cm³/mol. The first-order valence-electron chi connectivity index (χ1n) is 14.7. The molecule has 0 bridgehead atoms. The van der Waals surface area contributed by atoms with Crippen molar-refractivity contribution in [2.45, 2.75) is 141 Å². The van der Waals surface area contributed by atoms with E-state index in [1.54, 1.807) is 0 Å². The van der Waals surface area contributed by atoms with Crippen molar-refractivity contribution in [1.82, 2.24) is 0 Å². The molecule has 0 aliphatic rings. The third-order valence-electron chi connectivity index (χ3n) is 6.18. The molecule has 13 nitrogen and oxygen atoms in total. The number of Topliss-reactive ketones (excluding diaryl/α,β-unsaturated/α-hetero) is 1. The van der Waals surface area contributed by atoms with Crippen LogP contribution in [0.15, 0.2) is 0 Å². The Labute approximate surface area is 248 Å². The number of hydrogen-bond donors (Lipinski definition) is 7. The van der Waals surface area contributed by atoms with E-state index in [1.165, 1.54) is 83.5 Å². The molecule has 248 valence electrons. The Kier molecular flexibility index (Phi) is 29.8. The van der Waals surface area contributed by atoms with Gasteiger partial charge in [0.05, 0.1) is 13.2 Å². The van der Waals surface area contributed by atoms with E-state index in [0.29, 0.717) is 13.3 Å². The summed E-state index contributed by atoms with van der Waals surface area (Å²) in [6.07, 6.45) is 16.6. The fourth-order valence-electron chi connectivity index (χ4n) is 3.74. The molecule has 7 N–H and O–H groups in total. The molecule has 0 saturated heterocycles. The zero-order chi connectivity index (χ0) is 33.0. The normalized spacial score (nSPS) is 12.6. The van der Waals surface area contributed by atoms with E-state index in [2.05, 4.69) is 11.7 Å². The van der Waals surface area contributed by atoms with E-state index in [-0.39, 0.29) is 13.2 Å². The Hall–Kier alpha value is -2.61. The van der Waals surface area contributed by atoms with Crippen LogP contribution in [0.2, 0.25) is 0 Å². The molecular formula is C29H54O13. The summed E-state index contributed by atoms with van der Waals surface area (Å²) in [5.74, 6) is -7.19. The lowest BCUT2D eigenvalue weighted by Gasteiger charge is -2.28.